The van der Waals surface area contributed by atoms with E-state index < -0.39 is 0 Å². The Morgan fingerprint density at radius 2 is 0.625 bits per heavy atom. The van der Waals surface area contributed by atoms with Gasteiger partial charge in [-0.2, -0.15) is 0 Å². The first-order valence-corrected chi connectivity index (χ1v) is 22.0. The molecule has 0 atom stereocenters. The molecule has 2 heteroatoms. The molecule has 12 rings (SSSR count). The quantitative estimate of drug-likeness (QED) is 0.139. The van der Waals surface area contributed by atoms with E-state index in [2.05, 4.69) is 264 Å². The Bertz CT molecular complexity index is 3610. The maximum Gasteiger partial charge on any atom is 0.0542 e. The highest BCUT2D eigenvalue weighted by atomic mass is 15.1. The van der Waals surface area contributed by atoms with Gasteiger partial charge in [-0.25, -0.2) is 0 Å². The van der Waals surface area contributed by atoms with E-state index in [4.69, 9.17) is 0 Å². The van der Waals surface area contributed by atoms with Crippen molar-refractivity contribution in [1.29, 1.82) is 0 Å². The van der Waals surface area contributed by atoms with Crippen molar-refractivity contribution in [2.75, 3.05) is 4.90 Å². The van der Waals surface area contributed by atoms with Crippen LogP contribution in [0.2, 0.25) is 0 Å². The predicted molar refractivity (Wildman–Crippen MR) is 272 cm³/mol. The summed E-state index contributed by atoms with van der Waals surface area (Å²) in [6.45, 7) is 0. The summed E-state index contributed by atoms with van der Waals surface area (Å²) >= 11 is 0. The highest BCUT2D eigenvalue weighted by Gasteiger charge is 2.21. The molecule has 0 aliphatic carbocycles. The summed E-state index contributed by atoms with van der Waals surface area (Å²) < 4.78 is 2.38. The normalized spacial score (nSPS) is 11.4. The van der Waals surface area contributed by atoms with Crippen molar-refractivity contribution in [3.05, 3.63) is 255 Å². The van der Waals surface area contributed by atoms with Crippen molar-refractivity contribution in [2.24, 2.45) is 0 Å². The van der Waals surface area contributed by atoms with Gasteiger partial charge in [-0.3, -0.25) is 0 Å². The number of rotatable bonds is 8. The molecule has 12 aromatic rings. The maximum atomic E-state index is 2.43. The van der Waals surface area contributed by atoms with Crippen LogP contribution < -0.4 is 4.90 Å². The molecule has 0 saturated heterocycles. The molecular formula is C62H42N2. The minimum absolute atomic E-state index is 1.09. The smallest absolute Gasteiger partial charge is 0.0542 e. The summed E-state index contributed by atoms with van der Waals surface area (Å²) in [5.41, 5.74) is 16.5. The number of benzene rings is 11. The van der Waals surface area contributed by atoms with Gasteiger partial charge in [0.15, 0.2) is 0 Å². The lowest BCUT2D eigenvalue weighted by molar-refractivity contribution is 1.18. The summed E-state index contributed by atoms with van der Waals surface area (Å²) in [4.78, 5) is 2.42. The molecule has 0 unspecified atom stereocenters. The van der Waals surface area contributed by atoms with Gasteiger partial charge in [0.1, 0.15) is 0 Å². The largest absolute Gasteiger partial charge is 0.310 e. The molecular weight excluding hydrogens is 773 g/mol. The van der Waals surface area contributed by atoms with Crippen LogP contribution in [0.4, 0.5) is 17.1 Å². The third-order valence-corrected chi connectivity index (χ3v) is 12.8. The molecule has 0 fully saturated rings. The Morgan fingerprint density at radius 3 is 1.20 bits per heavy atom. The lowest BCUT2D eigenvalue weighted by atomic mass is 9.85. The molecule has 1 heterocycles. The molecule has 0 N–H and O–H groups in total. The summed E-state index contributed by atoms with van der Waals surface area (Å²) in [5, 5.41) is 7.32. The van der Waals surface area contributed by atoms with E-state index in [1.165, 1.54) is 87.9 Å². The topological polar surface area (TPSA) is 8.17 Å². The first-order chi connectivity index (χ1) is 31.8. The Balaban J connectivity index is 1.10. The Morgan fingerprint density at radius 1 is 0.234 bits per heavy atom. The van der Waals surface area contributed by atoms with Gasteiger partial charge in [-0.1, -0.05) is 194 Å². The van der Waals surface area contributed by atoms with E-state index in [9.17, 15) is 0 Å². The third-order valence-electron chi connectivity index (χ3n) is 12.8. The van der Waals surface area contributed by atoms with Crippen LogP contribution in [-0.4, -0.2) is 4.57 Å². The Kier molecular flexibility index (Phi) is 9.20. The maximum absolute atomic E-state index is 2.43. The molecule has 0 spiro atoms. The number of aromatic nitrogens is 1. The molecule has 64 heavy (non-hydrogen) atoms. The lowest BCUT2D eigenvalue weighted by Crippen LogP contribution is -2.10. The molecule has 0 radical (unpaired) electrons. The standard InChI is InChI=1S/C62H42N2/c1-5-17-43(18-6-1)45-29-33-47(34-30-45)61-54-26-13-14-27-55(54)62(48-35-31-46(32-36-48)44-19-7-2-8-20-44)58-42-51(37-39-56(58)61)63(49-21-9-3-10-22-49)52-38-40-60-57(41-52)53-25-15-16-28-59(53)64(60)50-23-11-4-12-24-50/h1-42H. The number of fused-ring (bicyclic) bond motifs is 5. The van der Waals surface area contributed by atoms with Gasteiger partial charge in [0.25, 0.3) is 0 Å². The zero-order chi connectivity index (χ0) is 42.4. The van der Waals surface area contributed by atoms with Crippen LogP contribution in [0.3, 0.4) is 0 Å². The monoisotopic (exact) mass is 814 g/mol. The van der Waals surface area contributed by atoms with Gasteiger partial charge >= 0.3 is 0 Å². The van der Waals surface area contributed by atoms with Crippen molar-refractivity contribution >= 4 is 60.4 Å². The van der Waals surface area contributed by atoms with E-state index in [0.29, 0.717) is 0 Å². The Labute approximate surface area is 373 Å². The minimum Gasteiger partial charge on any atom is -0.310 e. The average Bonchev–Trinajstić information content (AvgIpc) is 3.71. The van der Waals surface area contributed by atoms with E-state index in [1.807, 2.05) is 0 Å². The van der Waals surface area contributed by atoms with Crippen LogP contribution in [0.25, 0.3) is 93.5 Å². The van der Waals surface area contributed by atoms with Gasteiger partial charge in [0.2, 0.25) is 0 Å². The third kappa shape index (κ3) is 6.44. The fourth-order valence-corrected chi connectivity index (χ4v) is 9.83. The average molecular weight is 815 g/mol. The van der Waals surface area contributed by atoms with Gasteiger partial charge < -0.3 is 9.47 Å². The predicted octanol–water partition coefficient (Wildman–Crippen LogP) is 17.2. The zero-order valence-corrected chi connectivity index (χ0v) is 35.1. The van der Waals surface area contributed by atoms with Crippen LogP contribution in [-0.2, 0) is 0 Å². The number of para-hydroxylation sites is 3. The fourth-order valence-electron chi connectivity index (χ4n) is 9.83. The van der Waals surface area contributed by atoms with Crippen LogP contribution in [0.15, 0.2) is 255 Å². The van der Waals surface area contributed by atoms with Crippen molar-refractivity contribution < 1.29 is 0 Å². The van der Waals surface area contributed by atoms with Gasteiger partial charge in [-0.15, -0.1) is 0 Å². The van der Waals surface area contributed by atoms with E-state index >= 15 is 0 Å². The molecule has 1 aromatic heterocycles. The van der Waals surface area contributed by atoms with Crippen molar-refractivity contribution in [3.63, 3.8) is 0 Å². The summed E-state index contributed by atoms with van der Waals surface area (Å²) in [6.07, 6.45) is 0. The highest BCUT2D eigenvalue weighted by Crippen LogP contribution is 2.47. The second-order valence-electron chi connectivity index (χ2n) is 16.5. The van der Waals surface area contributed by atoms with Crippen LogP contribution in [0.1, 0.15) is 0 Å². The second-order valence-corrected chi connectivity index (χ2v) is 16.5. The summed E-state index contributed by atoms with van der Waals surface area (Å²) in [6, 6.07) is 92.7. The Hall–Kier alpha value is -8.46. The summed E-state index contributed by atoms with van der Waals surface area (Å²) in [7, 11) is 0. The first-order valence-electron chi connectivity index (χ1n) is 22.0. The SMILES string of the molecule is c1ccc(-c2ccc(-c3c4ccccc4c(-c4ccc(-c5ccccc5)cc4)c4cc(N(c5ccccc5)c5ccc6c(c5)c5ccccc5n6-c5ccccc5)ccc34)cc2)cc1. The van der Waals surface area contributed by atoms with E-state index in [1.54, 1.807) is 0 Å². The molecule has 0 aliphatic heterocycles. The van der Waals surface area contributed by atoms with Gasteiger partial charge in [0.05, 0.1) is 11.0 Å². The van der Waals surface area contributed by atoms with Gasteiger partial charge in [-0.05, 0) is 127 Å². The van der Waals surface area contributed by atoms with Crippen molar-refractivity contribution in [1.82, 2.24) is 4.57 Å². The highest BCUT2D eigenvalue weighted by molar-refractivity contribution is 6.22. The number of hydrogen-bond donors (Lipinski definition) is 0. The minimum atomic E-state index is 1.09. The van der Waals surface area contributed by atoms with E-state index in [-0.39, 0.29) is 0 Å². The first kappa shape index (κ1) is 37.3. The van der Waals surface area contributed by atoms with Gasteiger partial charge in [0, 0.05) is 33.5 Å². The number of hydrogen-bond acceptors (Lipinski definition) is 1. The molecule has 11 aromatic carbocycles. The van der Waals surface area contributed by atoms with Crippen LogP contribution in [0, 0.1) is 0 Å². The molecule has 0 amide bonds. The number of anilines is 3. The van der Waals surface area contributed by atoms with Crippen LogP contribution >= 0.6 is 0 Å². The second kappa shape index (κ2) is 15.8. The molecule has 0 saturated carbocycles. The lowest BCUT2D eigenvalue weighted by Gasteiger charge is -2.27. The van der Waals surface area contributed by atoms with Crippen LogP contribution in [0.5, 0.6) is 0 Å². The fraction of sp³-hybridized carbons (Fsp3) is 0. The van der Waals surface area contributed by atoms with Crippen molar-refractivity contribution in [3.8, 4) is 50.2 Å². The zero-order valence-electron chi connectivity index (χ0n) is 35.1. The summed E-state index contributed by atoms with van der Waals surface area (Å²) in [5.74, 6) is 0. The molecule has 300 valence electrons. The van der Waals surface area contributed by atoms with Crippen molar-refractivity contribution in [2.45, 2.75) is 0 Å². The number of nitrogens with zero attached hydrogens (tertiary/aromatic N) is 2. The molecule has 0 bridgehead atoms. The molecule has 2 nitrogen and oxygen atoms in total. The molecule has 0 aliphatic rings. The van der Waals surface area contributed by atoms with E-state index in [0.717, 1.165) is 22.7 Å².